The highest BCUT2D eigenvalue weighted by atomic mass is 32.2. The van der Waals surface area contributed by atoms with Gasteiger partial charge in [0.2, 0.25) is 16.0 Å². The molecule has 0 fully saturated rings. The second kappa shape index (κ2) is 8.91. The molecule has 0 unspecified atom stereocenters. The number of benzene rings is 1. The van der Waals surface area contributed by atoms with E-state index in [1.807, 2.05) is 22.7 Å². The maximum atomic E-state index is 11.4. The van der Waals surface area contributed by atoms with Crippen molar-refractivity contribution in [2.45, 2.75) is 0 Å². The standard InChI is InChI=1S/C21H20N8O2S/c1-32(30,31)28-17-5-3-16(4-6-17)18-12-20-24-10-11-29(20)21(27-18)25-9-8-23-19-7-2-15(13-22)14-26-19/h2-7,10-12,14,28H,8-9H2,1H3,(H,23,26)(H,25,27). The SMILES string of the molecule is CS(=O)(=O)Nc1ccc(-c2cc3nccn3c(NCCNc3ccc(C#N)cn3)n2)cc1. The summed E-state index contributed by atoms with van der Waals surface area (Å²) in [6, 6.07) is 14.4. The summed E-state index contributed by atoms with van der Waals surface area (Å²) in [6.07, 6.45) is 6.15. The Balaban J connectivity index is 1.47. The molecule has 32 heavy (non-hydrogen) atoms. The second-order valence-corrected chi connectivity index (χ2v) is 8.72. The fraction of sp³-hybridized carbons (Fsp3) is 0.143. The van der Waals surface area contributed by atoms with E-state index in [1.54, 1.807) is 42.6 Å². The maximum Gasteiger partial charge on any atom is 0.229 e. The highest BCUT2D eigenvalue weighted by Crippen LogP contribution is 2.23. The zero-order valence-corrected chi connectivity index (χ0v) is 18.0. The molecule has 10 nitrogen and oxygen atoms in total. The summed E-state index contributed by atoms with van der Waals surface area (Å²) in [7, 11) is -3.33. The van der Waals surface area contributed by atoms with Gasteiger partial charge in [0.15, 0.2) is 0 Å². The number of sulfonamides is 1. The van der Waals surface area contributed by atoms with Crippen molar-refractivity contribution in [2.24, 2.45) is 0 Å². The van der Waals surface area contributed by atoms with Crippen LogP contribution in [0.3, 0.4) is 0 Å². The molecule has 0 radical (unpaired) electrons. The molecule has 3 N–H and O–H groups in total. The molecule has 0 aliphatic rings. The zero-order chi connectivity index (χ0) is 22.6. The highest BCUT2D eigenvalue weighted by Gasteiger charge is 2.09. The summed E-state index contributed by atoms with van der Waals surface area (Å²) in [5.74, 6) is 1.31. The van der Waals surface area contributed by atoms with E-state index in [2.05, 4.69) is 25.3 Å². The highest BCUT2D eigenvalue weighted by molar-refractivity contribution is 7.92. The Hall–Kier alpha value is -4.17. The lowest BCUT2D eigenvalue weighted by atomic mass is 10.1. The van der Waals surface area contributed by atoms with Crippen molar-refractivity contribution in [3.8, 4) is 17.3 Å². The van der Waals surface area contributed by atoms with Gasteiger partial charge in [0.05, 0.1) is 17.5 Å². The number of imidazole rings is 1. The third-order valence-corrected chi connectivity index (χ3v) is 5.09. The molecule has 4 rings (SSSR count). The Labute approximate surface area is 185 Å². The van der Waals surface area contributed by atoms with E-state index < -0.39 is 10.0 Å². The molecule has 0 bridgehead atoms. The first kappa shape index (κ1) is 21.1. The first-order chi connectivity index (χ1) is 15.4. The fourth-order valence-corrected chi connectivity index (χ4v) is 3.61. The first-order valence-electron chi connectivity index (χ1n) is 9.67. The van der Waals surface area contributed by atoms with Gasteiger partial charge in [0.25, 0.3) is 0 Å². The molecule has 3 aromatic heterocycles. The molecule has 0 aliphatic heterocycles. The molecule has 4 aromatic rings. The number of fused-ring (bicyclic) bond motifs is 1. The van der Waals surface area contributed by atoms with Gasteiger partial charge in [-0.1, -0.05) is 12.1 Å². The van der Waals surface area contributed by atoms with Crippen LogP contribution < -0.4 is 15.4 Å². The molecule has 3 heterocycles. The Bertz CT molecular complexity index is 1370. The lowest BCUT2D eigenvalue weighted by Crippen LogP contribution is -2.16. The molecule has 0 amide bonds. The second-order valence-electron chi connectivity index (χ2n) is 6.97. The van der Waals surface area contributed by atoms with Crippen LogP contribution in [-0.4, -0.2) is 47.1 Å². The number of nitrogens with one attached hydrogen (secondary N) is 3. The van der Waals surface area contributed by atoms with Gasteiger partial charge >= 0.3 is 0 Å². The number of anilines is 3. The Morgan fingerprint density at radius 2 is 1.84 bits per heavy atom. The number of hydrogen-bond acceptors (Lipinski definition) is 8. The molecule has 0 atom stereocenters. The Morgan fingerprint density at radius 1 is 1.06 bits per heavy atom. The topological polar surface area (TPSA) is 137 Å². The fourth-order valence-electron chi connectivity index (χ4n) is 3.05. The molecule has 0 saturated carbocycles. The number of nitrogens with zero attached hydrogens (tertiary/aromatic N) is 5. The van der Waals surface area contributed by atoms with Gasteiger partial charge in [-0.05, 0) is 24.3 Å². The number of rotatable bonds is 8. The van der Waals surface area contributed by atoms with Crippen LogP contribution in [-0.2, 0) is 10.0 Å². The third kappa shape index (κ3) is 5.11. The van der Waals surface area contributed by atoms with E-state index in [1.165, 1.54) is 6.20 Å². The Morgan fingerprint density at radius 3 is 2.53 bits per heavy atom. The minimum absolute atomic E-state index is 0.485. The molecule has 0 saturated heterocycles. The number of pyridine rings is 1. The average molecular weight is 449 g/mol. The molecular formula is C21H20N8O2S. The average Bonchev–Trinajstić information content (AvgIpc) is 3.25. The van der Waals surface area contributed by atoms with Crippen molar-refractivity contribution < 1.29 is 8.42 Å². The van der Waals surface area contributed by atoms with Gasteiger partial charge < -0.3 is 10.6 Å². The van der Waals surface area contributed by atoms with Crippen molar-refractivity contribution in [3.63, 3.8) is 0 Å². The molecule has 0 aliphatic carbocycles. The van der Waals surface area contributed by atoms with E-state index in [-0.39, 0.29) is 0 Å². The smallest absolute Gasteiger partial charge is 0.229 e. The summed E-state index contributed by atoms with van der Waals surface area (Å²) in [5, 5.41) is 15.3. The monoisotopic (exact) mass is 448 g/mol. The minimum Gasteiger partial charge on any atom is -0.368 e. The summed E-state index contributed by atoms with van der Waals surface area (Å²) in [4.78, 5) is 13.3. The van der Waals surface area contributed by atoms with Crippen LogP contribution in [0.5, 0.6) is 0 Å². The van der Waals surface area contributed by atoms with Crippen LogP contribution in [0.25, 0.3) is 16.9 Å². The van der Waals surface area contributed by atoms with Crippen molar-refractivity contribution in [1.82, 2.24) is 19.4 Å². The van der Waals surface area contributed by atoms with E-state index in [0.717, 1.165) is 17.5 Å². The minimum atomic E-state index is -3.33. The van der Waals surface area contributed by atoms with Gasteiger partial charge in [-0.2, -0.15) is 5.26 Å². The lowest BCUT2D eigenvalue weighted by molar-refractivity contribution is 0.607. The predicted molar refractivity (Wildman–Crippen MR) is 123 cm³/mol. The normalized spacial score (nSPS) is 11.1. The van der Waals surface area contributed by atoms with E-state index in [4.69, 9.17) is 10.2 Å². The predicted octanol–water partition coefficient (Wildman–Crippen LogP) is 2.56. The van der Waals surface area contributed by atoms with Crippen molar-refractivity contribution in [1.29, 1.82) is 5.26 Å². The van der Waals surface area contributed by atoms with Gasteiger partial charge in [-0.3, -0.25) is 9.12 Å². The zero-order valence-electron chi connectivity index (χ0n) is 17.1. The van der Waals surface area contributed by atoms with Crippen LogP contribution in [0.2, 0.25) is 0 Å². The number of aromatic nitrogens is 4. The van der Waals surface area contributed by atoms with Crippen LogP contribution in [0.4, 0.5) is 17.5 Å². The van der Waals surface area contributed by atoms with Crippen LogP contribution in [0.15, 0.2) is 61.1 Å². The van der Waals surface area contributed by atoms with Gasteiger partial charge in [0.1, 0.15) is 17.5 Å². The molecule has 0 spiro atoms. The first-order valence-corrected chi connectivity index (χ1v) is 11.6. The number of hydrogen-bond donors (Lipinski definition) is 3. The van der Waals surface area contributed by atoms with Gasteiger partial charge in [-0.15, -0.1) is 0 Å². The van der Waals surface area contributed by atoms with Gasteiger partial charge in [0, 0.05) is 49.0 Å². The maximum absolute atomic E-state index is 11.4. The summed E-state index contributed by atoms with van der Waals surface area (Å²) < 4.78 is 27.1. The summed E-state index contributed by atoms with van der Waals surface area (Å²) >= 11 is 0. The molecular weight excluding hydrogens is 428 g/mol. The van der Waals surface area contributed by atoms with Crippen molar-refractivity contribution in [2.75, 3.05) is 34.7 Å². The Kier molecular flexibility index (Phi) is 5.87. The largest absolute Gasteiger partial charge is 0.368 e. The van der Waals surface area contributed by atoms with Gasteiger partial charge in [-0.25, -0.2) is 23.4 Å². The number of nitriles is 1. The lowest BCUT2D eigenvalue weighted by Gasteiger charge is -2.12. The molecule has 11 heteroatoms. The van der Waals surface area contributed by atoms with E-state index in [0.29, 0.717) is 41.8 Å². The quantitative estimate of drug-likeness (QED) is 0.350. The van der Waals surface area contributed by atoms with E-state index in [9.17, 15) is 8.42 Å². The molecule has 1 aromatic carbocycles. The van der Waals surface area contributed by atoms with Crippen LogP contribution >= 0.6 is 0 Å². The van der Waals surface area contributed by atoms with Crippen LogP contribution in [0, 0.1) is 11.3 Å². The summed E-state index contributed by atoms with van der Waals surface area (Å²) in [6.45, 7) is 1.16. The molecule has 162 valence electrons. The summed E-state index contributed by atoms with van der Waals surface area (Å²) in [5.41, 5.74) is 3.27. The van der Waals surface area contributed by atoms with Crippen molar-refractivity contribution in [3.05, 3.63) is 66.6 Å². The van der Waals surface area contributed by atoms with E-state index >= 15 is 0 Å². The van der Waals surface area contributed by atoms with Crippen LogP contribution in [0.1, 0.15) is 5.56 Å². The van der Waals surface area contributed by atoms with Crippen molar-refractivity contribution >= 4 is 33.1 Å². The third-order valence-electron chi connectivity index (χ3n) is 4.48.